The van der Waals surface area contributed by atoms with Crippen LogP contribution in [0.4, 0.5) is 5.69 Å². The van der Waals surface area contributed by atoms with E-state index in [-0.39, 0.29) is 16.6 Å². The SMILES string of the molecule is CCC(=O)ON(c1cc(Cn2cncn2)c(CC(C)C)cc1-c1ccccc1)S(=O)(=O)O. The van der Waals surface area contributed by atoms with Gasteiger partial charge in [0, 0.05) is 12.0 Å². The van der Waals surface area contributed by atoms with Crippen molar-refractivity contribution in [2.24, 2.45) is 5.92 Å². The van der Waals surface area contributed by atoms with Crippen molar-refractivity contribution < 1.29 is 22.6 Å². The Hall–Kier alpha value is -3.24. The van der Waals surface area contributed by atoms with Crippen LogP contribution in [-0.2, 0) is 32.9 Å². The first-order chi connectivity index (χ1) is 15.2. The first-order valence-corrected chi connectivity index (χ1v) is 11.6. The van der Waals surface area contributed by atoms with Crippen molar-refractivity contribution in [1.29, 1.82) is 0 Å². The Balaban J connectivity index is 2.26. The summed E-state index contributed by atoms with van der Waals surface area (Å²) in [4.78, 5) is 21.0. The first kappa shape index (κ1) is 23.4. The van der Waals surface area contributed by atoms with Crippen molar-refractivity contribution in [3.63, 3.8) is 0 Å². The van der Waals surface area contributed by atoms with Gasteiger partial charge < -0.3 is 4.84 Å². The van der Waals surface area contributed by atoms with Gasteiger partial charge in [-0.05, 0) is 41.2 Å². The number of anilines is 1. The zero-order valence-electron chi connectivity index (χ0n) is 18.2. The Morgan fingerprint density at radius 1 is 1.19 bits per heavy atom. The van der Waals surface area contributed by atoms with E-state index in [0.29, 0.717) is 23.6 Å². The Kier molecular flexibility index (Phi) is 7.26. The number of hydrogen-bond acceptors (Lipinski definition) is 6. The molecule has 0 saturated carbocycles. The lowest BCUT2D eigenvalue weighted by Gasteiger charge is -2.24. The van der Waals surface area contributed by atoms with E-state index < -0.39 is 16.3 Å². The molecule has 0 unspecified atom stereocenters. The summed E-state index contributed by atoms with van der Waals surface area (Å²) in [6.07, 6.45) is 3.63. The third kappa shape index (κ3) is 5.71. The molecule has 10 heteroatoms. The Bertz CT molecular complexity index is 1160. The van der Waals surface area contributed by atoms with Crippen molar-refractivity contribution in [2.45, 2.75) is 40.2 Å². The van der Waals surface area contributed by atoms with E-state index in [0.717, 1.165) is 17.5 Å². The molecule has 170 valence electrons. The van der Waals surface area contributed by atoms with Crippen molar-refractivity contribution >= 4 is 22.0 Å². The number of benzene rings is 2. The van der Waals surface area contributed by atoms with Gasteiger partial charge >= 0.3 is 16.3 Å². The molecule has 2 aromatic carbocycles. The second-order valence-electron chi connectivity index (χ2n) is 7.72. The number of rotatable bonds is 9. The second-order valence-corrected chi connectivity index (χ2v) is 8.94. The lowest BCUT2D eigenvalue weighted by atomic mass is 9.92. The third-order valence-corrected chi connectivity index (χ3v) is 5.40. The Morgan fingerprint density at radius 3 is 2.47 bits per heavy atom. The molecule has 0 saturated heterocycles. The summed E-state index contributed by atoms with van der Waals surface area (Å²) in [5.74, 6) is -0.472. The fraction of sp³-hybridized carbons (Fsp3) is 0.318. The summed E-state index contributed by atoms with van der Waals surface area (Å²) in [7, 11) is -4.91. The molecule has 3 aromatic rings. The largest absolute Gasteiger partial charge is 0.391 e. The van der Waals surface area contributed by atoms with E-state index in [4.69, 9.17) is 4.84 Å². The van der Waals surface area contributed by atoms with Crippen LogP contribution < -0.4 is 4.47 Å². The molecule has 32 heavy (non-hydrogen) atoms. The van der Waals surface area contributed by atoms with Gasteiger partial charge in [-0.2, -0.15) is 13.5 Å². The van der Waals surface area contributed by atoms with Crippen LogP contribution >= 0.6 is 0 Å². The standard InChI is InChI=1S/C22H26N4O5S/c1-4-22(27)31-26(32(28,29)30)21-12-19(13-25-15-23-14-24-25)18(10-16(2)3)11-20(21)17-8-6-5-7-9-17/h5-9,11-12,14-16H,4,10,13H2,1-3H3,(H,28,29,30). The molecule has 1 aromatic heterocycles. The lowest BCUT2D eigenvalue weighted by molar-refractivity contribution is -0.142. The molecular weight excluding hydrogens is 432 g/mol. The molecule has 0 radical (unpaired) electrons. The van der Waals surface area contributed by atoms with Gasteiger partial charge in [-0.3, -0.25) is 4.55 Å². The van der Waals surface area contributed by atoms with E-state index in [1.807, 2.05) is 36.4 Å². The molecule has 0 fully saturated rings. The van der Waals surface area contributed by atoms with Crippen LogP contribution in [0.15, 0.2) is 55.1 Å². The zero-order valence-corrected chi connectivity index (χ0v) is 19.0. The maximum absolute atomic E-state index is 12.2. The van der Waals surface area contributed by atoms with Gasteiger partial charge in [0.1, 0.15) is 18.3 Å². The number of carbonyl (C=O) groups is 1. The van der Waals surface area contributed by atoms with Crippen LogP contribution in [0, 0.1) is 5.92 Å². The average Bonchev–Trinajstić information content (AvgIpc) is 3.25. The van der Waals surface area contributed by atoms with Gasteiger partial charge in [-0.25, -0.2) is 14.5 Å². The molecule has 0 spiro atoms. The van der Waals surface area contributed by atoms with E-state index in [9.17, 15) is 17.8 Å². The number of nitrogens with zero attached hydrogens (tertiary/aromatic N) is 4. The summed E-state index contributed by atoms with van der Waals surface area (Å²) in [5, 5.41) is 4.14. The van der Waals surface area contributed by atoms with Crippen LogP contribution in [0.5, 0.6) is 0 Å². The normalized spacial score (nSPS) is 11.5. The minimum Gasteiger partial charge on any atom is -0.324 e. The summed E-state index contributed by atoms with van der Waals surface area (Å²) in [6, 6.07) is 12.6. The smallest absolute Gasteiger partial charge is 0.324 e. The second kappa shape index (κ2) is 9.92. The number of aromatic nitrogens is 3. The van der Waals surface area contributed by atoms with E-state index >= 15 is 0 Å². The van der Waals surface area contributed by atoms with E-state index in [1.54, 1.807) is 17.1 Å². The molecule has 1 N–H and O–H groups in total. The molecule has 1 heterocycles. The highest BCUT2D eigenvalue weighted by atomic mass is 32.2. The van der Waals surface area contributed by atoms with Crippen molar-refractivity contribution in [1.82, 2.24) is 14.8 Å². The molecule has 9 nitrogen and oxygen atoms in total. The highest BCUT2D eigenvalue weighted by Gasteiger charge is 2.29. The monoisotopic (exact) mass is 458 g/mol. The maximum Gasteiger partial charge on any atom is 0.391 e. The molecule has 0 aliphatic carbocycles. The predicted molar refractivity (Wildman–Crippen MR) is 120 cm³/mol. The molecular formula is C22H26N4O5S. The predicted octanol–water partition coefficient (Wildman–Crippen LogP) is 3.67. The van der Waals surface area contributed by atoms with E-state index in [1.165, 1.54) is 13.3 Å². The van der Waals surface area contributed by atoms with Crippen molar-refractivity contribution in [3.8, 4) is 11.1 Å². The van der Waals surface area contributed by atoms with Crippen LogP contribution in [0.25, 0.3) is 11.1 Å². The number of carbonyl (C=O) groups excluding carboxylic acids is 1. The quantitative estimate of drug-likeness (QED) is 0.384. The van der Waals surface area contributed by atoms with Gasteiger partial charge in [0.15, 0.2) is 0 Å². The molecule has 0 bridgehead atoms. The highest BCUT2D eigenvalue weighted by molar-refractivity contribution is 7.87. The van der Waals surface area contributed by atoms with Gasteiger partial charge in [-0.1, -0.05) is 55.6 Å². The Morgan fingerprint density at radius 2 is 1.91 bits per heavy atom. The van der Waals surface area contributed by atoms with Crippen molar-refractivity contribution in [3.05, 3.63) is 66.2 Å². The van der Waals surface area contributed by atoms with Crippen LogP contribution in [-0.4, -0.2) is 33.7 Å². The summed E-state index contributed by atoms with van der Waals surface area (Å²) in [6.45, 7) is 6.03. The zero-order chi connectivity index (χ0) is 23.3. The molecule has 0 amide bonds. The van der Waals surface area contributed by atoms with Crippen LogP contribution in [0.2, 0.25) is 0 Å². The van der Waals surface area contributed by atoms with Gasteiger partial charge in [0.2, 0.25) is 0 Å². The Labute approximate surface area is 187 Å². The van der Waals surface area contributed by atoms with Crippen LogP contribution in [0.3, 0.4) is 0 Å². The fourth-order valence-corrected chi connectivity index (χ4v) is 3.90. The highest BCUT2D eigenvalue weighted by Crippen LogP contribution is 2.36. The number of hydrogen-bond donors (Lipinski definition) is 1. The maximum atomic E-state index is 12.2. The van der Waals surface area contributed by atoms with Gasteiger partial charge in [0.25, 0.3) is 0 Å². The summed E-state index contributed by atoms with van der Waals surface area (Å²) < 4.78 is 36.3. The molecule has 0 aliphatic heterocycles. The molecule has 0 aliphatic rings. The van der Waals surface area contributed by atoms with Gasteiger partial charge in [0.05, 0.1) is 6.54 Å². The summed E-state index contributed by atoms with van der Waals surface area (Å²) >= 11 is 0. The topological polar surface area (TPSA) is 115 Å². The average molecular weight is 459 g/mol. The minimum absolute atomic E-state index is 0.0307. The lowest BCUT2D eigenvalue weighted by Crippen LogP contribution is -2.33. The van der Waals surface area contributed by atoms with Crippen molar-refractivity contribution in [2.75, 3.05) is 4.47 Å². The minimum atomic E-state index is -4.91. The van der Waals surface area contributed by atoms with Gasteiger partial charge in [-0.15, -0.1) is 0 Å². The molecule has 0 atom stereocenters. The summed E-state index contributed by atoms with van der Waals surface area (Å²) in [5.41, 5.74) is 2.99. The fourth-order valence-electron chi connectivity index (χ4n) is 3.32. The van der Waals surface area contributed by atoms with E-state index in [2.05, 4.69) is 23.9 Å². The molecule has 3 rings (SSSR count). The first-order valence-electron chi connectivity index (χ1n) is 10.2. The van der Waals surface area contributed by atoms with Crippen LogP contribution in [0.1, 0.15) is 38.3 Å². The third-order valence-electron chi connectivity index (χ3n) is 4.71.